The minimum Gasteiger partial charge on any atom is -0.312 e. The van der Waals surface area contributed by atoms with Gasteiger partial charge in [-0.15, -0.1) is 11.3 Å². The van der Waals surface area contributed by atoms with Crippen molar-refractivity contribution in [3.05, 3.63) is 187 Å². The highest BCUT2D eigenvalue weighted by molar-refractivity contribution is 7.26. The van der Waals surface area contributed by atoms with Gasteiger partial charge < -0.3 is 9.47 Å². The summed E-state index contributed by atoms with van der Waals surface area (Å²) in [7, 11) is 0. The second kappa shape index (κ2) is 11.0. The number of rotatable bonds is 4. The van der Waals surface area contributed by atoms with Crippen molar-refractivity contribution in [2.24, 2.45) is 0 Å². The van der Waals surface area contributed by atoms with E-state index in [1.54, 1.807) is 0 Å². The normalized spacial score (nSPS) is 13.9. The Morgan fingerprint density at radius 1 is 0.547 bits per heavy atom. The minimum atomic E-state index is 0.951. The molecule has 2 aliphatic rings. The van der Waals surface area contributed by atoms with Crippen LogP contribution in [0, 0.1) is 0 Å². The fraction of sp³-hybridized carbons (Fsp3) is 0.0400. The predicted octanol–water partition coefficient (Wildman–Crippen LogP) is 14.2. The summed E-state index contributed by atoms with van der Waals surface area (Å²) in [4.78, 5) is 2.63. The van der Waals surface area contributed by atoms with Gasteiger partial charge in [0.1, 0.15) is 0 Å². The number of fused-ring (bicyclic) bond motifs is 11. The van der Waals surface area contributed by atoms with Gasteiger partial charge >= 0.3 is 0 Å². The van der Waals surface area contributed by atoms with Crippen molar-refractivity contribution in [2.45, 2.75) is 12.8 Å². The van der Waals surface area contributed by atoms with Gasteiger partial charge in [-0.05, 0) is 106 Å². The van der Waals surface area contributed by atoms with Gasteiger partial charge in [0.25, 0.3) is 0 Å². The van der Waals surface area contributed by atoms with Crippen LogP contribution in [0.5, 0.6) is 0 Å². The van der Waals surface area contributed by atoms with Crippen LogP contribution in [0.15, 0.2) is 176 Å². The van der Waals surface area contributed by atoms with E-state index in [0.29, 0.717) is 0 Å². The number of aromatic nitrogens is 1. The van der Waals surface area contributed by atoms with Crippen LogP contribution in [0.2, 0.25) is 0 Å². The fourth-order valence-electron chi connectivity index (χ4n) is 9.40. The molecule has 0 saturated carbocycles. The maximum Gasteiger partial charge on any atom is 0.0637 e. The average Bonchev–Trinajstić information content (AvgIpc) is 3.88. The van der Waals surface area contributed by atoms with Crippen molar-refractivity contribution < 1.29 is 0 Å². The molecule has 0 bridgehead atoms. The number of benzene rings is 8. The van der Waals surface area contributed by atoms with Gasteiger partial charge in [-0.3, -0.25) is 0 Å². The molecule has 2 aliphatic carbocycles. The quantitative estimate of drug-likeness (QED) is 0.167. The number of thiophene rings is 1. The molecule has 2 aromatic heterocycles. The number of hydrogen-bond acceptors (Lipinski definition) is 2. The topological polar surface area (TPSA) is 8.17 Å². The van der Waals surface area contributed by atoms with E-state index in [4.69, 9.17) is 0 Å². The molecule has 3 heteroatoms. The highest BCUT2D eigenvalue weighted by atomic mass is 32.1. The summed E-state index contributed by atoms with van der Waals surface area (Å²) in [6, 6.07) is 60.7. The van der Waals surface area contributed by atoms with E-state index in [1.165, 1.54) is 109 Å². The van der Waals surface area contributed by atoms with E-state index >= 15 is 0 Å². The van der Waals surface area contributed by atoms with E-state index in [2.05, 4.69) is 179 Å². The lowest BCUT2D eigenvalue weighted by atomic mass is 9.90. The van der Waals surface area contributed by atoms with Gasteiger partial charge in [0, 0.05) is 48.9 Å². The molecule has 53 heavy (non-hydrogen) atoms. The predicted molar refractivity (Wildman–Crippen MR) is 228 cm³/mol. The molecule has 8 aromatic carbocycles. The lowest BCUT2D eigenvalue weighted by Gasteiger charge is -2.32. The van der Waals surface area contributed by atoms with Gasteiger partial charge in [-0.2, -0.15) is 0 Å². The number of para-hydroxylation sites is 2. The molecule has 0 spiro atoms. The summed E-state index contributed by atoms with van der Waals surface area (Å²) in [5.41, 5.74) is 12.9. The molecule has 0 saturated heterocycles. The van der Waals surface area contributed by atoms with E-state index in [1.807, 2.05) is 11.3 Å². The Bertz CT molecular complexity index is 3230. The Labute approximate surface area is 310 Å². The third-order valence-corrected chi connectivity index (χ3v) is 12.7. The lowest BCUT2D eigenvalue weighted by Crippen LogP contribution is -2.19. The summed E-state index contributed by atoms with van der Waals surface area (Å²) in [5.74, 6) is 0. The van der Waals surface area contributed by atoms with Crippen LogP contribution in [0.1, 0.15) is 24.0 Å². The molecule has 2 heterocycles. The number of allylic oxidation sites excluding steroid dienone is 4. The fourth-order valence-corrected chi connectivity index (χ4v) is 10.6. The largest absolute Gasteiger partial charge is 0.312 e. The molecule has 0 amide bonds. The Morgan fingerprint density at radius 3 is 2.21 bits per heavy atom. The van der Waals surface area contributed by atoms with Crippen LogP contribution in [0.25, 0.3) is 80.4 Å². The summed E-state index contributed by atoms with van der Waals surface area (Å²) in [5, 5.41) is 10.5. The first kappa shape index (κ1) is 29.2. The van der Waals surface area contributed by atoms with Crippen LogP contribution in [-0.2, 0) is 0 Å². The van der Waals surface area contributed by atoms with Crippen LogP contribution < -0.4 is 4.90 Å². The van der Waals surface area contributed by atoms with Crippen molar-refractivity contribution in [1.29, 1.82) is 0 Å². The molecule has 0 fully saturated rings. The monoisotopic (exact) mass is 692 g/mol. The van der Waals surface area contributed by atoms with Crippen LogP contribution in [0.3, 0.4) is 0 Å². The first-order chi connectivity index (χ1) is 26.3. The summed E-state index contributed by atoms with van der Waals surface area (Å²) in [6.45, 7) is 0. The third kappa shape index (κ3) is 4.08. The molecule has 0 unspecified atom stereocenters. The van der Waals surface area contributed by atoms with Gasteiger partial charge in [0.15, 0.2) is 0 Å². The standard InChI is InChI=1S/C50H32N2S/c1-2-15-33(16-3-1)51-42-23-8-6-18-36(42)41-30-34(27-28-43(41)51)52(45-25-11-20-38-37-19-7-9-26-46(37)53-50(38)45)44-24-12-22-40-48(44)39-21-10-14-32-29-31-13-4-5-17-35(31)49(40)47(32)39/h1-11,13-23,25-30H,12,24H2. The SMILES string of the molecule is C1=C2C(=C(N(c3ccc4c(c3)c3ccccc3n4-c3ccccc3)c3cccc4c3sc3ccccc34)CC1)c1cccc3cc4ccccc4c2c13. The second-order valence-electron chi connectivity index (χ2n) is 14.3. The highest BCUT2D eigenvalue weighted by Gasteiger charge is 2.34. The first-order valence-corrected chi connectivity index (χ1v) is 19.3. The Kier molecular flexibility index (Phi) is 6.08. The number of anilines is 2. The second-order valence-corrected chi connectivity index (χ2v) is 15.4. The van der Waals surface area contributed by atoms with Crippen molar-refractivity contribution in [1.82, 2.24) is 4.57 Å². The Morgan fingerprint density at radius 2 is 1.28 bits per heavy atom. The molecule has 12 rings (SSSR count). The van der Waals surface area contributed by atoms with Gasteiger partial charge in [-0.25, -0.2) is 0 Å². The summed E-state index contributed by atoms with van der Waals surface area (Å²) < 4.78 is 5.06. The molecule has 0 N–H and O–H groups in total. The Hall–Kier alpha value is -6.42. The molecule has 0 radical (unpaired) electrons. The minimum absolute atomic E-state index is 0.951. The lowest BCUT2D eigenvalue weighted by molar-refractivity contribution is 0.931. The molecular weight excluding hydrogens is 661 g/mol. The van der Waals surface area contributed by atoms with Gasteiger partial charge in [-0.1, -0.05) is 115 Å². The van der Waals surface area contributed by atoms with Crippen molar-refractivity contribution in [2.75, 3.05) is 4.90 Å². The summed E-state index contributed by atoms with van der Waals surface area (Å²) >= 11 is 1.91. The van der Waals surface area contributed by atoms with E-state index in [-0.39, 0.29) is 0 Å². The molecule has 10 aromatic rings. The molecule has 2 nitrogen and oxygen atoms in total. The van der Waals surface area contributed by atoms with E-state index in [9.17, 15) is 0 Å². The van der Waals surface area contributed by atoms with Crippen LogP contribution in [-0.4, -0.2) is 4.57 Å². The Balaban J connectivity index is 1.18. The molecule has 248 valence electrons. The summed E-state index contributed by atoms with van der Waals surface area (Å²) in [6.07, 6.45) is 4.45. The van der Waals surface area contributed by atoms with Crippen LogP contribution >= 0.6 is 11.3 Å². The maximum absolute atomic E-state index is 2.63. The van der Waals surface area contributed by atoms with Crippen molar-refractivity contribution >= 4 is 97.4 Å². The average molecular weight is 693 g/mol. The van der Waals surface area contributed by atoms with E-state index in [0.717, 1.165) is 12.8 Å². The smallest absolute Gasteiger partial charge is 0.0637 e. The van der Waals surface area contributed by atoms with Crippen molar-refractivity contribution in [3.63, 3.8) is 0 Å². The van der Waals surface area contributed by atoms with Gasteiger partial charge in [0.05, 0.1) is 21.4 Å². The molecular formula is C50H32N2S. The molecule has 0 atom stereocenters. The molecule has 0 aliphatic heterocycles. The highest BCUT2D eigenvalue weighted by Crippen LogP contribution is 2.55. The zero-order valence-corrected chi connectivity index (χ0v) is 29.7. The number of nitrogens with zero attached hydrogens (tertiary/aromatic N) is 2. The van der Waals surface area contributed by atoms with Gasteiger partial charge in [0.2, 0.25) is 0 Å². The van der Waals surface area contributed by atoms with E-state index < -0.39 is 0 Å². The number of hydrogen-bond donors (Lipinski definition) is 0. The maximum atomic E-state index is 2.63. The first-order valence-electron chi connectivity index (χ1n) is 18.5. The third-order valence-electron chi connectivity index (χ3n) is 11.5. The zero-order chi connectivity index (χ0) is 34.6. The van der Waals surface area contributed by atoms with Crippen LogP contribution in [0.4, 0.5) is 11.4 Å². The zero-order valence-electron chi connectivity index (χ0n) is 28.9. The van der Waals surface area contributed by atoms with Crippen molar-refractivity contribution in [3.8, 4) is 5.69 Å².